The minimum Gasteiger partial charge on any atom is -0.349 e. The Morgan fingerprint density at radius 2 is 2.19 bits per heavy atom. The lowest BCUT2D eigenvalue weighted by atomic mass is 10.0. The number of nitrogens with zero attached hydrogens (tertiary/aromatic N) is 2. The van der Waals surface area contributed by atoms with Crippen molar-refractivity contribution in [2.24, 2.45) is 5.92 Å². The molecular weight excluding hydrogens is 302 g/mol. The van der Waals surface area contributed by atoms with E-state index in [-0.39, 0.29) is 11.9 Å². The summed E-state index contributed by atoms with van der Waals surface area (Å²) in [7, 11) is 0. The second kappa shape index (κ2) is 5.77. The number of fused-ring (bicyclic) bond motifs is 3. The minimum atomic E-state index is 0.0123. The average molecular weight is 321 g/mol. The van der Waals surface area contributed by atoms with Gasteiger partial charge in [0, 0.05) is 17.6 Å². The number of hydrogen-bond donors (Lipinski definition) is 1. The van der Waals surface area contributed by atoms with E-state index in [9.17, 15) is 4.79 Å². The van der Waals surface area contributed by atoms with Crippen LogP contribution in [-0.2, 0) is 0 Å². The lowest BCUT2D eigenvalue weighted by Gasteiger charge is -2.14. The van der Waals surface area contributed by atoms with E-state index in [1.54, 1.807) is 11.3 Å². The molecule has 0 saturated heterocycles. The Morgan fingerprint density at radius 1 is 1.38 bits per heavy atom. The van der Waals surface area contributed by atoms with E-state index < -0.39 is 0 Å². The fourth-order valence-corrected chi connectivity index (χ4v) is 4.01. The van der Waals surface area contributed by atoms with Crippen LogP contribution in [0.3, 0.4) is 0 Å². The number of hydrogen-bond acceptors (Lipinski definition) is 4. The Balaban J connectivity index is 1.73. The van der Waals surface area contributed by atoms with Crippen LogP contribution in [0.4, 0.5) is 0 Å². The number of amides is 1. The van der Waals surface area contributed by atoms with Gasteiger partial charge in [0.1, 0.15) is 4.83 Å². The van der Waals surface area contributed by atoms with Crippen LogP contribution in [0.5, 0.6) is 0 Å². The molecule has 6 heteroatoms. The molecule has 0 fully saturated rings. The number of rotatable bonds is 5. The summed E-state index contributed by atoms with van der Waals surface area (Å²) in [5, 5.41) is 5.09. The highest BCUT2D eigenvalue weighted by Gasteiger charge is 2.16. The van der Waals surface area contributed by atoms with Gasteiger partial charge in [0.05, 0.1) is 10.4 Å². The van der Waals surface area contributed by atoms with Gasteiger partial charge in [-0.1, -0.05) is 13.8 Å². The fourth-order valence-electron chi connectivity index (χ4n) is 2.31. The van der Waals surface area contributed by atoms with E-state index in [0.717, 1.165) is 33.0 Å². The van der Waals surface area contributed by atoms with Gasteiger partial charge in [0.25, 0.3) is 5.91 Å². The van der Waals surface area contributed by atoms with Crippen molar-refractivity contribution in [3.63, 3.8) is 0 Å². The highest BCUT2D eigenvalue weighted by molar-refractivity contribution is 7.21. The Morgan fingerprint density at radius 3 is 2.95 bits per heavy atom. The van der Waals surface area contributed by atoms with Crippen molar-refractivity contribution in [1.82, 2.24) is 14.7 Å². The van der Waals surface area contributed by atoms with E-state index in [2.05, 4.69) is 31.1 Å². The highest BCUT2D eigenvalue weighted by Crippen LogP contribution is 2.28. The second-order valence-corrected chi connectivity index (χ2v) is 7.72. The van der Waals surface area contributed by atoms with Gasteiger partial charge in [-0.25, -0.2) is 4.98 Å². The normalized spacial score (nSPS) is 13.3. The van der Waals surface area contributed by atoms with E-state index in [1.807, 2.05) is 22.0 Å². The SMILES string of the molecule is CC(C)CCC(C)NC(=O)c1cc2c(nc3sccn32)s1. The molecule has 3 rings (SSSR count). The monoisotopic (exact) mass is 321 g/mol. The molecular formula is C15H19N3OS2. The van der Waals surface area contributed by atoms with Crippen LogP contribution in [-0.4, -0.2) is 21.3 Å². The first-order chi connectivity index (χ1) is 10.0. The van der Waals surface area contributed by atoms with Crippen molar-refractivity contribution in [1.29, 1.82) is 0 Å². The van der Waals surface area contributed by atoms with Crippen LogP contribution in [0, 0.1) is 5.92 Å². The minimum absolute atomic E-state index is 0.0123. The number of carbonyl (C=O) groups is 1. The number of aromatic nitrogens is 2. The maximum absolute atomic E-state index is 12.3. The van der Waals surface area contributed by atoms with Gasteiger partial charge in [-0.15, -0.1) is 22.7 Å². The fraction of sp³-hybridized carbons (Fsp3) is 0.467. The van der Waals surface area contributed by atoms with Crippen molar-refractivity contribution in [3.8, 4) is 0 Å². The Labute approximate surface area is 131 Å². The van der Waals surface area contributed by atoms with Gasteiger partial charge in [0.15, 0.2) is 4.96 Å². The predicted molar refractivity (Wildman–Crippen MR) is 89.5 cm³/mol. The molecule has 1 amide bonds. The Hall–Kier alpha value is -1.40. The van der Waals surface area contributed by atoms with Gasteiger partial charge in [0.2, 0.25) is 0 Å². The molecule has 0 aliphatic rings. The van der Waals surface area contributed by atoms with Gasteiger partial charge < -0.3 is 5.32 Å². The number of nitrogens with one attached hydrogen (secondary N) is 1. The first-order valence-electron chi connectivity index (χ1n) is 7.20. The van der Waals surface area contributed by atoms with Gasteiger partial charge in [-0.3, -0.25) is 9.20 Å². The summed E-state index contributed by atoms with van der Waals surface area (Å²) >= 11 is 3.07. The summed E-state index contributed by atoms with van der Waals surface area (Å²) in [6.45, 7) is 6.47. The topological polar surface area (TPSA) is 46.4 Å². The molecule has 112 valence electrons. The highest BCUT2D eigenvalue weighted by atomic mass is 32.1. The standard InChI is InChI=1S/C15H19N3OS2/c1-9(2)4-5-10(3)16-13(19)12-8-11-14(21-12)17-15-18(11)6-7-20-15/h6-10H,4-5H2,1-3H3,(H,16,19). The van der Waals surface area contributed by atoms with Crippen LogP contribution < -0.4 is 5.32 Å². The molecule has 1 atom stereocenters. The van der Waals surface area contributed by atoms with Crippen LogP contribution >= 0.6 is 22.7 Å². The largest absolute Gasteiger partial charge is 0.349 e. The summed E-state index contributed by atoms with van der Waals surface area (Å²) < 4.78 is 2.04. The average Bonchev–Trinajstić information content (AvgIpc) is 3.06. The summed E-state index contributed by atoms with van der Waals surface area (Å²) in [4.78, 5) is 19.5. The molecule has 3 aromatic heterocycles. The molecule has 4 nitrogen and oxygen atoms in total. The third-order valence-electron chi connectivity index (χ3n) is 3.52. The number of thiazole rings is 1. The first kappa shape index (κ1) is 14.5. The zero-order valence-corrected chi connectivity index (χ0v) is 14.1. The molecule has 0 radical (unpaired) electrons. The molecule has 1 unspecified atom stereocenters. The lowest BCUT2D eigenvalue weighted by Crippen LogP contribution is -2.32. The smallest absolute Gasteiger partial charge is 0.261 e. The summed E-state index contributed by atoms with van der Waals surface area (Å²) in [6, 6.07) is 2.15. The van der Waals surface area contributed by atoms with Crippen molar-refractivity contribution in [3.05, 3.63) is 22.5 Å². The number of carbonyl (C=O) groups excluding carboxylic acids is 1. The van der Waals surface area contributed by atoms with Crippen LogP contribution in [0.1, 0.15) is 43.3 Å². The molecule has 0 aromatic carbocycles. The van der Waals surface area contributed by atoms with Gasteiger partial charge in [-0.05, 0) is 31.7 Å². The van der Waals surface area contributed by atoms with Crippen molar-refractivity contribution >= 4 is 43.9 Å². The molecule has 0 aliphatic carbocycles. The second-order valence-electron chi connectivity index (χ2n) is 5.81. The first-order valence-corrected chi connectivity index (χ1v) is 8.90. The quantitative estimate of drug-likeness (QED) is 0.767. The van der Waals surface area contributed by atoms with Crippen molar-refractivity contribution in [2.45, 2.75) is 39.7 Å². The number of thiophene rings is 1. The van der Waals surface area contributed by atoms with Crippen LogP contribution in [0.15, 0.2) is 17.6 Å². The van der Waals surface area contributed by atoms with E-state index >= 15 is 0 Å². The van der Waals surface area contributed by atoms with E-state index in [1.165, 1.54) is 11.3 Å². The third-order valence-corrected chi connectivity index (χ3v) is 5.29. The van der Waals surface area contributed by atoms with Crippen LogP contribution in [0.25, 0.3) is 15.3 Å². The third kappa shape index (κ3) is 2.96. The molecule has 0 saturated carbocycles. The molecule has 0 aliphatic heterocycles. The predicted octanol–water partition coefficient (Wildman–Crippen LogP) is 4.17. The number of imidazole rings is 1. The Bertz CT molecular complexity index is 768. The van der Waals surface area contributed by atoms with Gasteiger partial charge in [-0.2, -0.15) is 0 Å². The van der Waals surface area contributed by atoms with E-state index in [0.29, 0.717) is 5.92 Å². The van der Waals surface area contributed by atoms with Crippen molar-refractivity contribution < 1.29 is 4.79 Å². The molecule has 0 spiro atoms. The molecule has 3 aromatic rings. The van der Waals surface area contributed by atoms with E-state index in [4.69, 9.17) is 0 Å². The van der Waals surface area contributed by atoms with Gasteiger partial charge >= 0.3 is 0 Å². The summed E-state index contributed by atoms with van der Waals surface area (Å²) in [5.74, 6) is 0.681. The summed E-state index contributed by atoms with van der Waals surface area (Å²) in [6.07, 6.45) is 4.14. The summed E-state index contributed by atoms with van der Waals surface area (Å²) in [5.41, 5.74) is 1.02. The van der Waals surface area contributed by atoms with Crippen LogP contribution in [0.2, 0.25) is 0 Å². The Kier molecular flexibility index (Phi) is 3.99. The zero-order chi connectivity index (χ0) is 15.0. The molecule has 1 N–H and O–H groups in total. The maximum atomic E-state index is 12.3. The molecule has 0 bridgehead atoms. The maximum Gasteiger partial charge on any atom is 0.261 e. The molecule has 3 heterocycles. The molecule has 21 heavy (non-hydrogen) atoms. The zero-order valence-electron chi connectivity index (χ0n) is 12.4. The van der Waals surface area contributed by atoms with Crippen molar-refractivity contribution in [2.75, 3.05) is 0 Å². The lowest BCUT2D eigenvalue weighted by molar-refractivity contribution is 0.0941.